The zero-order valence-electron chi connectivity index (χ0n) is 10.5. The lowest BCUT2D eigenvalue weighted by atomic mass is 9.97. The van der Waals surface area contributed by atoms with Crippen LogP contribution in [-0.2, 0) is 6.54 Å². The second-order valence-electron chi connectivity index (χ2n) is 4.21. The predicted molar refractivity (Wildman–Crippen MR) is 76.1 cm³/mol. The third-order valence-electron chi connectivity index (χ3n) is 2.94. The van der Waals surface area contributed by atoms with Crippen LogP contribution in [0.1, 0.15) is 11.1 Å². The summed E-state index contributed by atoms with van der Waals surface area (Å²) in [4.78, 5) is 0. The Balaban J connectivity index is 2.67. The van der Waals surface area contributed by atoms with Gasteiger partial charge in [-0.1, -0.05) is 29.3 Å². The number of halogens is 1. The van der Waals surface area contributed by atoms with Crippen molar-refractivity contribution in [3.05, 3.63) is 52.5 Å². The minimum atomic E-state index is 0.476. The van der Waals surface area contributed by atoms with Gasteiger partial charge < -0.3 is 10.5 Å². The molecule has 0 bridgehead atoms. The SMILES string of the molecule is COc1ccc(C)cc1-c1cc(Cl)ccc1CN. The van der Waals surface area contributed by atoms with E-state index in [1.807, 2.05) is 30.3 Å². The van der Waals surface area contributed by atoms with Gasteiger partial charge in [0, 0.05) is 17.1 Å². The maximum atomic E-state index is 6.08. The molecule has 3 heteroatoms. The highest BCUT2D eigenvalue weighted by Gasteiger charge is 2.10. The maximum absolute atomic E-state index is 6.08. The first-order chi connectivity index (χ1) is 8.65. The molecule has 0 atom stereocenters. The first-order valence-corrected chi connectivity index (χ1v) is 6.17. The van der Waals surface area contributed by atoms with Gasteiger partial charge in [-0.05, 0) is 42.3 Å². The lowest BCUT2D eigenvalue weighted by Gasteiger charge is -2.13. The minimum absolute atomic E-state index is 0.476. The molecule has 2 rings (SSSR count). The Morgan fingerprint density at radius 3 is 2.56 bits per heavy atom. The number of benzene rings is 2. The Kier molecular flexibility index (Phi) is 3.90. The summed E-state index contributed by atoms with van der Waals surface area (Å²) < 4.78 is 5.41. The molecule has 0 radical (unpaired) electrons. The molecular weight excluding hydrogens is 246 g/mol. The highest BCUT2D eigenvalue weighted by molar-refractivity contribution is 6.30. The average molecular weight is 262 g/mol. The van der Waals surface area contributed by atoms with E-state index in [2.05, 4.69) is 13.0 Å². The molecule has 2 nitrogen and oxygen atoms in total. The molecule has 0 saturated carbocycles. The smallest absolute Gasteiger partial charge is 0.126 e. The number of aryl methyl sites for hydroxylation is 1. The van der Waals surface area contributed by atoms with Gasteiger partial charge in [0.25, 0.3) is 0 Å². The van der Waals surface area contributed by atoms with Crippen LogP contribution in [0.2, 0.25) is 5.02 Å². The number of hydrogen-bond donors (Lipinski definition) is 1. The molecule has 0 unspecified atom stereocenters. The Morgan fingerprint density at radius 1 is 1.11 bits per heavy atom. The van der Waals surface area contributed by atoms with Crippen LogP contribution in [0.3, 0.4) is 0 Å². The van der Waals surface area contributed by atoms with E-state index >= 15 is 0 Å². The van der Waals surface area contributed by atoms with E-state index in [1.54, 1.807) is 7.11 Å². The second-order valence-corrected chi connectivity index (χ2v) is 4.65. The molecule has 0 spiro atoms. The van der Waals surface area contributed by atoms with Gasteiger partial charge in [0.05, 0.1) is 7.11 Å². The van der Waals surface area contributed by atoms with E-state index in [4.69, 9.17) is 22.1 Å². The molecule has 0 aliphatic rings. The van der Waals surface area contributed by atoms with Gasteiger partial charge in [-0.25, -0.2) is 0 Å². The monoisotopic (exact) mass is 261 g/mol. The number of ether oxygens (including phenoxy) is 1. The molecule has 0 heterocycles. The summed E-state index contributed by atoms with van der Waals surface area (Å²) in [6, 6.07) is 11.8. The Morgan fingerprint density at radius 2 is 1.89 bits per heavy atom. The van der Waals surface area contributed by atoms with Crippen LogP contribution >= 0.6 is 11.6 Å². The summed E-state index contributed by atoms with van der Waals surface area (Å²) in [6.07, 6.45) is 0. The third kappa shape index (κ3) is 2.50. The van der Waals surface area contributed by atoms with E-state index in [1.165, 1.54) is 5.56 Å². The summed E-state index contributed by atoms with van der Waals surface area (Å²) in [5.74, 6) is 0.831. The van der Waals surface area contributed by atoms with E-state index in [9.17, 15) is 0 Å². The lowest BCUT2D eigenvalue weighted by molar-refractivity contribution is 0.416. The number of rotatable bonds is 3. The van der Waals surface area contributed by atoms with Crippen molar-refractivity contribution in [2.75, 3.05) is 7.11 Å². The van der Waals surface area contributed by atoms with Gasteiger partial charge in [0.15, 0.2) is 0 Å². The topological polar surface area (TPSA) is 35.2 Å². The van der Waals surface area contributed by atoms with Crippen molar-refractivity contribution >= 4 is 11.6 Å². The standard InChI is InChI=1S/C15H16ClNO/c1-10-3-6-15(18-2)14(7-10)13-8-12(16)5-4-11(13)9-17/h3-8H,9,17H2,1-2H3. The zero-order valence-corrected chi connectivity index (χ0v) is 11.3. The molecule has 0 saturated heterocycles. The van der Waals surface area contributed by atoms with Gasteiger partial charge in [0.2, 0.25) is 0 Å². The Labute approximate surface area is 112 Å². The van der Waals surface area contributed by atoms with Crippen LogP contribution in [0.4, 0.5) is 0 Å². The average Bonchev–Trinajstić information content (AvgIpc) is 2.38. The van der Waals surface area contributed by atoms with Crippen molar-refractivity contribution in [3.8, 4) is 16.9 Å². The largest absolute Gasteiger partial charge is 0.496 e. The first kappa shape index (κ1) is 12.9. The van der Waals surface area contributed by atoms with E-state index in [0.29, 0.717) is 11.6 Å². The second kappa shape index (κ2) is 5.42. The highest BCUT2D eigenvalue weighted by Crippen LogP contribution is 2.34. The van der Waals surface area contributed by atoms with Crippen LogP contribution < -0.4 is 10.5 Å². The molecular formula is C15H16ClNO. The van der Waals surface area contributed by atoms with Gasteiger partial charge >= 0.3 is 0 Å². The fourth-order valence-corrected chi connectivity index (χ4v) is 2.18. The number of methoxy groups -OCH3 is 1. The van der Waals surface area contributed by atoms with E-state index in [0.717, 1.165) is 22.4 Å². The van der Waals surface area contributed by atoms with Crippen LogP contribution in [-0.4, -0.2) is 7.11 Å². The van der Waals surface area contributed by atoms with Crippen LogP contribution in [0.15, 0.2) is 36.4 Å². The van der Waals surface area contributed by atoms with Crippen molar-refractivity contribution in [2.45, 2.75) is 13.5 Å². The minimum Gasteiger partial charge on any atom is -0.496 e. The third-order valence-corrected chi connectivity index (χ3v) is 3.17. The molecule has 2 aromatic rings. The summed E-state index contributed by atoms with van der Waals surface area (Å²) >= 11 is 6.08. The number of hydrogen-bond acceptors (Lipinski definition) is 2. The predicted octanol–water partition coefficient (Wildman–Crippen LogP) is 3.78. The fraction of sp³-hybridized carbons (Fsp3) is 0.200. The number of nitrogens with two attached hydrogens (primary N) is 1. The van der Waals surface area contributed by atoms with Crippen LogP contribution in [0.5, 0.6) is 5.75 Å². The molecule has 2 N–H and O–H groups in total. The van der Waals surface area contributed by atoms with Gasteiger partial charge in [-0.15, -0.1) is 0 Å². The van der Waals surface area contributed by atoms with E-state index < -0.39 is 0 Å². The van der Waals surface area contributed by atoms with Crippen molar-refractivity contribution in [2.24, 2.45) is 5.73 Å². The highest BCUT2D eigenvalue weighted by atomic mass is 35.5. The van der Waals surface area contributed by atoms with Crippen LogP contribution in [0, 0.1) is 6.92 Å². The normalized spacial score (nSPS) is 10.4. The first-order valence-electron chi connectivity index (χ1n) is 5.79. The fourth-order valence-electron chi connectivity index (χ4n) is 2.01. The molecule has 0 fully saturated rings. The van der Waals surface area contributed by atoms with Crippen molar-refractivity contribution < 1.29 is 4.74 Å². The molecule has 2 aromatic carbocycles. The summed E-state index contributed by atoms with van der Waals surface area (Å²) in [5.41, 5.74) is 10.1. The van der Waals surface area contributed by atoms with Gasteiger partial charge in [0.1, 0.15) is 5.75 Å². The van der Waals surface area contributed by atoms with E-state index in [-0.39, 0.29) is 0 Å². The molecule has 0 aliphatic carbocycles. The molecule has 18 heavy (non-hydrogen) atoms. The van der Waals surface area contributed by atoms with Gasteiger partial charge in [-0.2, -0.15) is 0 Å². The van der Waals surface area contributed by atoms with Crippen LogP contribution in [0.25, 0.3) is 11.1 Å². The van der Waals surface area contributed by atoms with Crippen molar-refractivity contribution in [1.82, 2.24) is 0 Å². The van der Waals surface area contributed by atoms with Gasteiger partial charge in [-0.3, -0.25) is 0 Å². The zero-order chi connectivity index (χ0) is 13.1. The summed E-state index contributed by atoms with van der Waals surface area (Å²) in [7, 11) is 1.67. The molecule has 0 aliphatic heterocycles. The Bertz CT molecular complexity index is 515. The van der Waals surface area contributed by atoms with Crippen molar-refractivity contribution in [1.29, 1.82) is 0 Å². The lowest BCUT2D eigenvalue weighted by Crippen LogP contribution is -2.00. The van der Waals surface area contributed by atoms with Crippen molar-refractivity contribution in [3.63, 3.8) is 0 Å². The summed E-state index contributed by atoms with van der Waals surface area (Å²) in [5, 5.41) is 0.700. The summed E-state index contributed by atoms with van der Waals surface area (Å²) in [6.45, 7) is 2.53. The quantitative estimate of drug-likeness (QED) is 0.913. The molecule has 0 aromatic heterocycles. The maximum Gasteiger partial charge on any atom is 0.126 e. The molecule has 0 amide bonds. The Hall–Kier alpha value is -1.51. The molecule has 94 valence electrons.